The monoisotopic (exact) mass is 171 g/mol. The van der Waals surface area contributed by atoms with E-state index in [0.717, 1.165) is 4.57 Å². The van der Waals surface area contributed by atoms with Crippen LogP contribution in [0.15, 0.2) is 30.5 Å². The Hall–Kier alpha value is -1.38. The van der Waals surface area contributed by atoms with E-state index in [-0.39, 0.29) is 6.61 Å². The van der Waals surface area contributed by atoms with Gasteiger partial charge in [-0.05, 0) is 6.92 Å². The second kappa shape index (κ2) is 4.49. The van der Waals surface area contributed by atoms with E-state index in [1.165, 1.54) is 0 Å². The second-order valence-electron chi connectivity index (χ2n) is 1.99. The molecule has 1 heterocycles. The molecule has 0 aliphatic heterocycles. The van der Waals surface area contributed by atoms with Gasteiger partial charge in [-0.3, -0.25) is 0 Å². The zero-order valence-electron chi connectivity index (χ0n) is 11.7. The van der Waals surface area contributed by atoms with Crippen molar-refractivity contribution in [1.82, 2.24) is 0 Å². The molecule has 1 rings (SSSR count). The lowest BCUT2D eigenvalue weighted by Gasteiger charge is -1.96. The minimum absolute atomic E-state index is 0.179. The normalized spacial score (nSPS) is 15.2. The largest absolute Gasteiger partial charge is 0.461 e. The summed E-state index contributed by atoms with van der Waals surface area (Å²) in [5, 5.41) is 0. The van der Waals surface area contributed by atoms with Crippen LogP contribution in [0, 0.1) is 0 Å². The zero-order chi connectivity index (χ0) is 13.2. The number of rotatable bonds is 3. The fourth-order valence-electron chi connectivity index (χ4n) is 0.665. The first-order valence-corrected chi connectivity index (χ1v) is 3.52. The van der Waals surface area contributed by atoms with E-state index in [4.69, 9.17) is 6.85 Å². The van der Waals surface area contributed by atoms with Crippen molar-refractivity contribution >= 4 is 5.97 Å². The highest BCUT2D eigenvalue weighted by atomic mass is 16.5. The third-order valence-electron chi connectivity index (χ3n) is 1.10. The molecule has 0 aromatic carbocycles. The molecule has 3 nitrogen and oxygen atoms in total. The van der Waals surface area contributed by atoms with Crippen molar-refractivity contribution in [3.05, 3.63) is 30.5 Å². The molecule has 12 heavy (non-hydrogen) atoms. The maximum Gasteiger partial charge on any atom is 0.372 e. The van der Waals surface area contributed by atoms with Crippen LogP contribution in [-0.4, -0.2) is 12.6 Å². The summed E-state index contributed by atoms with van der Waals surface area (Å²) in [6.45, 7) is 1.41. The van der Waals surface area contributed by atoms with E-state index < -0.39 is 43.0 Å². The Labute approximate surface area is 78.6 Å². The molecule has 0 spiro atoms. The van der Waals surface area contributed by atoms with E-state index in [0.29, 0.717) is 0 Å². The van der Waals surface area contributed by atoms with Gasteiger partial charge in [-0.2, -0.15) is 4.57 Å². The summed E-state index contributed by atoms with van der Waals surface area (Å²) in [5.41, 5.74) is 0. The van der Waals surface area contributed by atoms with Gasteiger partial charge in [0.05, 0.1) is 10.7 Å². The van der Waals surface area contributed by atoms with Gasteiger partial charge in [0.1, 0.15) is 2.74 Å². The van der Waals surface area contributed by atoms with Crippen LogP contribution in [0.2, 0.25) is 0 Å². The molecule has 3 heteroatoms. The van der Waals surface area contributed by atoms with Crippen molar-refractivity contribution in [3.8, 4) is 0 Å². The van der Waals surface area contributed by atoms with Crippen LogP contribution in [0.4, 0.5) is 0 Å². The van der Waals surface area contributed by atoms with Gasteiger partial charge >= 0.3 is 5.97 Å². The van der Waals surface area contributed by atoms with Gasteiger partial charge in [0.15, 0.2) is 12.3 Å². The molecule has 1 aromatic heterocycles. The summed E-state index contributed by atoms with van der Waals surface area (Å²) >= 11 is 0. The van der Waals surface area contributed by atoms with Crippen molar-refractivity contribution in [2.75, 3.05) is 6.61 Å². The van der Waals surface area contributed by atoms with Gasteiger partial charge in [0, 0.05) is 12.1 Å². The Morgan fingerprint density at radius 1 is 1.50 bits per heavy atom. The minimum Gasteiger partial charge on any atom is -0.461 e. The Kier molecular flexibility index (Phi) is 1.51. The van der Waals surface area contributed by atoms with Gasteiger partial charge in [-0.15, -0.1) is 0 Å². The summed E-state index contributed by atoms with van der Waals surface area (Å²) in [7, 11) is 0. The molecule has 1 aromatic rings. The van der Waals surface area contributed by atoms with Crippen LogP contribution in [-0.2, 0) is 16.1 Å². The average molecular weight is 171 g/mol. The SMILES string of the molecule is [2H]c1c([2H])c([2H])[n+](CC(=O)OCC)c([2H])c1[2H]. The molecule has 0 saturated heterocycles. The molecule has 0 saturated carbocycles. The number of ether oxygens (including phenoxy) is 1. The van der Waals surface area contributed by atoms with Crippen molar-refractivity contribution in [3.63, 3.8) is 0 Å². The van der Waals surface area contributed by atoms with Crippen molar-refractivity contribution < 1.29 is 21.0 Å². The van der Waals surface area contributed by atoms with Gasteiger partial charge in [-0.1, -0.05) is 6.04 Å². The van der Waals surface area contributed by atoms with Crippen LogP contribution in [0.5, 0.6) is 0 Å². The number of nitrogens with zero attached hydrogens (tertiary/aromatic N) is 1. The molecule has 0 aliphatic carbocycles. The van der Waals surface area contributed by atoms with Gasteiger partial charge in [0.2, 0.25) is 6.54 Å². The Bertz CT molecular complexity index is 434. The summed E-state index contributed by atoms with van der Waals surface area (Å²) in [5.74, 6) is -0.643. The van der Waals surface area contributed by atoms with Crippen LogP contribution < -0.4 is 4.57 Å². The lowest BCUT2D eigenvalue weighted by Crippen LogP contribution is -2.37. The fourth-order valence-corrected chi connectivity index (χ4v) is 0.665. The maximum absolute atomic E-state index is 11.2. The smallest absolute Gasteiger partial charge is 0.372 e. The van der Waals surface area contributed by atoms with Gasteiger partial charge in [-0.25, -0.2) is 4.79 Å². The number of carbonyl (C=O) groups is 1. The number of esters is 1. The number of carbonyl (C=O) groups excluding carboxylic acids is 1. The molecule has 0 bridgehead atoms. The van der Waals surface area contributed by atoms with Gasteiger partial charge in [0.25, 0.3) is 0 Å². The van der Waals surface area contributed by atoms with Crippen LogP contribution in [0.25, 0.3) is 0 Å². The molecule has 0 N–H and O–H groups in total. The molecule has 0 atom stereocenters. The maximum atomic E-state index is 11.2. The Balaban J connectivity index is 3.20. The summed E-state index contributed by atoms with van der Waals surface area (Å²) in [6, 6.07) is -1.44. The molecular formula is C9H12NO2+. The first-order chi connectivity index (χ1) is 7.90. The zero-order valence-corrected chi connectivity index (χ0v) is 6.68. The topological polar surface area (TPSA) is 30.2 Å². The predicted octanol–water partition coefficient (Wildman–Crippen LogP) is 0.537. The highest BCUT2D eigenvalue weighted by Crippen LogP contribution is 1.80. The third-order valence-corrected chi connectivity index (χ3v) is 1.10. The standard InChI is InChI=1S/C9H12NO2/c1-2-12-9(11)8-10-6-4-3-5-7-10/h3-7H,2,8H2,1H3/q+1/i3D,4D,5D,6D,7D. The van der Waals surface area contributed by atoms with E-state index in [1.807, 2.05) is 0 Å². The summed E-state index contributed by atoms with van der Waals surface area (Å²) in [4.78, 5) is 11.2. The van der Waals surface area contributed by atoms with Crippen molar-refractivity contribution in [1.29, 1.82) is 0 Å². The minimum atomic E-state index is -0.643. The summed E-state index contributed by atoms with van der Waals surface area (Å²) < 4.78 is 42.8. The first-order valence-electron chi connectivity index (χ1n) is 6.02. The number of aromatic nitrogens is 1. The van der Waals surface area contributed by atoms with E-state index in [1.54, 1.807) is 6.92 Å². The highest BCUT2D eigenvalue weighted by molar-refractivity contribution is 5.67. The van der Waals surface area contributed by atoms with Crippen LogP contribution in [0.3, 0.4) is 0 Å². The number of pyridine rings is 1. The average Bonchev–Trinajstić information content (AvgIpc) is 2.30. The Morgan fingerprint density at radius 3 is 2.75 bits per heavy atom. The van der Waals surface area contributed by atoms with Crippen molar-refractivity contribution in [2.24, 2.45) is 0 Å². The van der Waals surface area contributed by atoms with E-state index >= 15 is 0 Å². The molecule has 0 aliphatic rings. The lowest BCUT2D eigenvalue weighted by molar-refractivity contribution is -0.686. The van der Waals surface area contributed by atoms with E-state index in [2.05, 4.69) is 4.74 Å². The van der Waals surface area contributed by atoms with Gasteiger partial charge < -0.3 is 4.74 Å². The second-order valence-corrected chi connectivity index (χ2v) is 1.99. The molecule has 0 fully saturated rings. The molecule has 0 radical (unpaired) electrons. The number of hydrogen-bond acceptors (Lipinski definition) is 2. The Morgan fingerprint density at radius 2 is 2.17 bits per heavy atom. The predicted molar refractivity (Wildman–Crippen MR) is 43.3 cm³/mol. The third kappa shape index (κ3) is 2.70. The first kappa shape index (κ1) is 4.03. The quantitative estimate of drug-likeness (QED) is 0.490. The lowest BCUT2D eigenvalue weighted by atomic mass is 10.5. The molecule has 0 unspecified atom stereocenters. The fraction of sp³-hybridized carbons (Fsp3) is 0.333. The van der Waals surface area contributed by atoms with Crippen LogP contribution >= 0.6 is 0 Å². The summed E-state index contributed by atoms with van der Waals surface area (Å²) in [6.07, 6.45) is -0.881. The van der Waals surface area contributed by atoms with Crippen LogP contribution in [0.1, 0.15) is 13.8 Å². The van der Waals surface area contributed by atoms with E-state index in [9.17, 15) is 4.79 Å². The van der Waals surface area contributed by atoms with Crippen molar-refractivity contribution in [2.45, 2.75) is 13.5 Å². The molecular weight excluding hydrogens is 154 g/mol. The molecule has 0 amide bonds. The molecule has 64 valence electrons. The number of hydrogen-bond donors (Lipinski definition) is 0. The highest BCUT2D eigenvalue weighted by Gasteiger charge is 2.07.